The van der Waals surface area contributed by atoms with Crippen LogP contribution in [0.3, 0.4) is 0 Å². The normalized spacial score (nSPS) is 11.7. The Labute approximate surface area is 348 Å². The first-order valence-corrected chi connectivity index (χ1v) is 25.1. The summed E-state index contributed by atoms with van der Waals surface area (Å²) >= 11 is 0. The lowest BCUT2D eigenvalue weighted by atomic mass is 10.0. The van der Waals surface area contributed by atoms with Crippen LogP contribution >= 0.6 is 0 Å². The number of quaternary nitrogens is 1. The maximum absolute atomic E-state index is 2.55. The predicted molar refractivity (Wildman–Crippen MR) is 242 cm³/mol. The smallest absolute Gasteiger partial charge is 0.104 e. The van der Waals surface area contributed by atoms with Crippen LogP contribution < -0.4 is 12.4 Å². The van der Waals surface area contributed by atoms with E-state index in [0.717, 1.165) is 0 Å². The highest BCUT2D eigenvalue weighted by atomic mass is 35.5. The van der Waals surface area contributed by atoms with Crippen LogP contribution in [0.4, 0.5) is 0 Å². The SMILES string of the molecule is CCCCCCCCCCCCCCCCCCCCCC[N+](C)(CCCCCCCCCCCCCCCCCCCCCC)Cc1ccccc1.[Cl-]. The fraction of sp³-hybridized carbons (Fsp3) is 0.885. The van der Waals surface area contributed by atoms with Gasteiger partial charge in [0.2, 0.25) is 0 Å². The second-order valence-electron chi connectivity index (χ2n) is 18.1. The van der Waals surface area contributed by atoms with E-state index < -0.39 is 0 Å². The molecule has 0 heterocycles. The van der Waals surface area contributed by atoms with E-state index >= 15 is 0 Å². The number of nitrogens with zero attached hydrogens (tertiary/aromatic N) is 1. The molecule has 0 radical (unpaired) electrons. The zero-order chi connectivity index (χ0) is 38.0. The van der Waals surface area contributed by atoms with E-state index in [9.17, 15) is 0 Å². The molecule has 0 atom stereocenters. The third-order valence-electron chi connectivity index (χ3n) is 12.5. The van der Waals surface area contributed by atoms with Crippen molar-refractivity contribution in [3.63, 3.8) is 0 Å². The van der Waals surface area contributed by atoms with Crippen LogP contribution in [0.1, 0.15) is 276 Å². The van der Waals surface area contributed by atoms with Gasteiger partial charge in [-0.25, -0.2) is 0 Å². The first-order chi connectivity index (χ1) is 26.2. The maximum Gasteiger partial charge on any atom is 0.104 e. The number of unbranched alkanes of at least 4 members (excludes halogenated alkanes) is 38. The van der Waals surface area contributed by atoms with Gasteiger partial charge in [-0.05, 0) is 25.7 Å². The maximum atomic E-state index is 2.55. The fourth-order valence-corrected chi connectivity index (χ4v) is 8.79. The molecule has 0 spiro atoms. The molecule has 0 aliphatic carbocycles. The van der Waals surface area contributed by atoms with Crippen LogP contribution in [-0.4, -0.2) is 24.6 Å². The molecule has 0 aliphatic rings. The largest absolute Gasteiger partial charge is 1.00 e. The minimum absolute atomic E-state index is 0. The summed E-state index contributed by atoms with van der Waals surface area (Å²) < 4.78 is 1.24. The van der Waals surface area contributed by atoms with Crippen molar-refractivity contribution in [3.05, 3.63) is 35.9 Å². The third kappa shape index (κ3) is 38.3. The van der Waals surface area contributed by atoms with Gasteiger partial charge in [0.05, 0.1) is 20.1 Å². The molecule has 320 valence electrons. The predicted octanol–water partition coefficient (Wildman–Crippen LogP) is 15.3. The van der Waals surface area contributed by atoms with Gasteiger partial charge in [0.25, 0.3) is 0 Å². The van der Waals surface area contributed by atoms with Crippen LogP contribution in [0.5, 0.6) is 0 Å². The van der Waals surface area contributed by atoms with Gasteiger partial charge < -0.3 is 16.9 Å². The molecule has 1 aromatic carbocycles. The number of hydrogen-bond donors (Lipinski definition) is 0. The highest BCUT2D eigenvalue weighted by Gasteiger charge is 2.21. The van der Waals surface area contributed by atoms with Gasteiger partial charge in [0.1, 0.15) is 6.54 Å². The second-order valence-corrected chi connectivity index (χ2v) is 18.1. The van der Waals surface area contributed by atoms with Crippen molar-refractivity contribution in [2.24, 2.45) is 0 Å². The van der Waals surface area contributed by atoms with Crippen molar-refractivity contribution < 1.29 is 16.9 Å². The molecule has 2 heteroatoms. The summed E-state index contributed by atoms with van der Waals surface area (Å²) in [7, 11) is 2.55. The Balaban J connectivity index is 0.0000281. The lowest BCUT2D eigenvalue weighted by molar-refractivity contribution is -0.923. The Hall–Kier alpha value is -0.530. The van der Waals surface area contributed by atoms with Crippen molar-refractivity contribution in [1.29, 1.82) is 0 Å². The first-order valence-electron chi connectivity index (χ1n) is 25.1. The summed E-state index contributed by atoms with van der Waals surface area (Å²) in [6.07, 6.45) is 58.5. The van der Waals surface area contributed by atoms with Crippen molar-refractivity contribution in [2.45, 2.75) is 277 Å². The zero-order valence-electron chi connectivity index (χ0n) is 37.6. The van der Waals surface area contributed by atoms with E-state index in [2.05, 4.69) is 51.2 Å². The molecule has 0 unspecified atom stereocenters. The van der Waals surface area contributed by atoms with E-state index in [-0.39, 0.29) is 12.4 Å². The molecule has 0 N–H and O–H groups in total. The molecular weight excluding hydrogens is 674 g/mol. The number of hydrogen-bond acceptors (Lipinski definition) is 0. The van der Waals surface area contributed by atoms with Crippen LogP contribution in [0.2, 0.25) is 0 Å². The molecule has 0 saturated heterocycles. The van der Waals surface area contributed by atoms with Crippen LogP contribution in [0.25, 0.3) is 0 Å². The third-order valence-corrected chi connectivity index (χ3v) is 12.5. The first kappa shape index (κ1) is 53.5. The van der Waals surface area contributed by atoms with Gasteiger partial charge in [0, 0.05) is 5.56 Å². The molecule has 0 aliphatic heterocycles. The molecule has 0 fully saturated rings. The average molecular weight is 775 g/mol. The minimum atomic E-state index is 0. The zero-order valence-corrected chi connectivity index (χ0v) is 38.4. The lowest BCUT2D eigenvalue weighted by Crippen LogP contribution is -3.00. The number of halogens is 1. The topological polar surface area (TPSA) is 0 Å². The van der Waals surface area contributed by atoms with Crippen LogP contribution in [0.15, 0.2) is 30.3 Å². The van der Waals surface area contributed by atoms with Crippen LogP contribution in [0, 0.1) is 0 Å². The van der Waals surface area contributed by atoms with E-state index in [1.54, 1.807) is 0 Å². The van der Waals surface area contributed by atoms with Gasteiger partial charge in [-0.15, -0.1) is 0 Å². The summed E-state index contributed by atoms with van der Waals surface area (Å²) in [6, 6.07) is 11.3. The highest BCUT2D eigenvalue weighted by molar-refractivity contribution is 5.13. The molecule has 1 nitrogen and oxygen atoms in total. The molecule has 0 saturated carbocycles. The van der Waals surface area contributed by atoms with Gasteiger partial charge in [-0.2, -0.15) is 0 Å². The van der Waals surface area contributed by atoms with Gasteiger partial charge in [-0.1, -0.05) is 275 Å². The van der Waals surface area contributed by atoms with Gasteiger partial charge in [0.15, 0.2) is 0 Å². The highest BCUT2D eigenvalue weighted by Crippen LogP contribution is 2.20. The van der Waals surface area contributed by atoms with E-state index in [1.807, 2.05) is 0 Å². The van der Waals surface area contributed by atoms with Crippen molar-refractivity contribution in [1.82, 2.24) is 0 Å². The van der Waals surface area contributed by atoms with Gasteiger partial charge in [-0.3, -0.25) is 0 Å². The van der Waals surface area contributed by atoms with Crippen molar-refractivity contribution in [3.8, 4) is 0 Å². The molecule has 1 aromatic rings. The molecule has 0 amide bonds. The lowest BCUT2D eigenvalue weighted by Gasteiger charge is -2.35. The Morgan fingerprint density at radius 2 is 0.500 bits per heavy atom. The summed E-state index contributed by atoms with van der Waals surface area (Å²) in [5.41, 5.74) is 1.52. The molecule has 0 aromatic heterocycles. The monoisotopic (exact) mass is 774 g/mol. The summed E-state index contributed by atoms with van der Waals surface area (Å²) in [4.78, 5) is 0. The van der Waals surface area contributed by atoms with Crippen LogP contribution in [-0.2, 0) is 6.54 Å². The number of rotatable bonds is 44. The molecular formula is C52H100ClN. The standard InChI is InChI=1S/C52H100N.ClH/c1-4-6-8-10-12-14-16-18-20-22-24-26-28-30-32-34-36-38-40-45-49-53(3,51-52-47-43-42-44-48-52)50-46-41-39-37-35-33-31-29-27-25-23-21-19-17-15-13-11-9-7-5-2;/h42-44,47-48H,4-41,45-46,49-51H2,1-3H3;1H/q+1;/p-1. The molecule has 1 rings (SSSR count). The van der Waals surface area contributed by atoms with E-state index in [4.69, 9.17) is 0 Å². The molecule has 54 heavy (non-hydrogen) atoms. The van der Waals surface area contributed by atoms with Crippen molar-refractivity contribution in [2.75, 3.05) is 20.1 Å². The Bertz CT molecular complexity index is 764. The number of benzene rings is 1. The summed E-state index contributed by atoms with van der Waals surface area (Å²) in [5, 5.41) is 0. The molecule has 0 bridgehead atoms. The fourth-order valence-electron chi connectivity index (χ4n) is 8.79. The Morgan fingerprint density at radius 1 is 0.296 bits per heavy atom. The van der Waals surface area contributed by atoms with E-state index in [1.165, 1.54) is 287 Å². The Kier molecular flexibility index (Phi) is 43.2. The van der Waals surface area contributed by atoms with Gasteiger partial charge >= 0.3 is 0 Å². The second kappa shape index (κ2) is 43.6. The average Bonchev–Trinajstić information content (AvgIpc) is 3.16. The summed E-state index contributed by atoms with van der Waals surface area (Å²) in [6.45, 7) is 8.54. The van der Waals surface area contributed by atoms with Crippen molar-refractivity contribution >= 4 is 0 Å². The Morgan fingerprint density at radius 3 is 0.722 bits per heavy atom. The van der Waals surface area contributed by atoms with E-state index in [0.29, 0.717) is 0 Å². The quantitative estimate of drug-likeness (QED) is 0.0458. The minimum Gasteiger partial charge on any atom is -1.00 e. The summed E-state index contributed by atoms with van der Waals surface area (Å²) in [5.74, 6) is 0.